The number of hydrogen-bond donors (Lipinski definition) is 1. The van der Waals surface area contributed by atoms with E-state index in [0.29, 0.717) is 12.2 Å². The van der Waals surface area contributed by atoms with Crippen LogP contribution in [0.2, 0.25) is 0 Å². The Hall–Kier alpha value is -2.88. The molecule has 0 aliphatic carbocycles. The molecule has 7 nitrogen and oxygen atoms in total. The maximum atomic E-state index is 13.1. The number of hydrogen-bond acceptors (Lipinski definition) is 7. The van der Waals surface area contributed by atoms with Crippen molar-refractivity contribution in [2.45, 2.75) is 19.4 Å². The first-order chi connectivity index (χ1) is 15.0. The summed E-state index contributed by atoms with van der Waals surface area (Å²) >= 11 is 3.25. The number of rotatable bonds is 7. The van der Waals surface area contributed by atoms with Gasteiger partial charge in [0.2, 0.25) is 5.91 Å². The summed E-state index contributed by atoms with van der Waals surface area (Å²) < 4.78 is 0. The van der Waals surface area contributed by atoms with Gasteiger partial charge in [-0.1, -0.05) is 18.2 Å². The van der Waals surface area contributed by atoms with E-state index in [-0.39, 0.29) is 30.9 Å². The van der Waals surface area contributed by atoms with Crippen LogP contribution in [0.3, 0.4) is 0 Å². The lowest BCUT2D eigenvalue weighted by atomic mass is 10.1. The zero-order chi connectivity index (χ0) is 21.8. The van der Waals surface area contributed by atoms with Gasteiger partial charge >= 0.3 is 0 Å². The van der Waals surface area contributed by atoms with Crippen molar-refractivity contribution in [3.63, 3.8) is 0 Å². The molecule has 1 N–H and O–H groups in total. The van der Waals surface area contributed by atoms with Gasteiger partial charge in [-0.25, -0.2) is 9.99 Å². The molecule has 1 aliphatic rings. The lowest BCUT2D eigenvalue weighted by molar-refractivity contribution is -0.134. The molecule has 1 unspecified atom stereocenters. The molecule has 3 aromatic rings. The predicted octanol–water partition coefficient (Wildman–Crippen LogP) is 3.76. The normalized spacial score (nSPS) is 15.9. The molecular formula is C22H23N5O2S2. The number of likely N-dealkylation sites (N-methyl/N-ethyl adjacent to an activating group) is 1. The molecule has 0 fully saturated rings. The van der Waals surface area contributed by atoms with Gasteiger partial charge in [-0.15, -0.1) is 22.7 Å². The molecule has 1 atom stereocenters. The quantitative estimate of drug-likeness (QED) is 0.591. The summed E-state index contributed by atoms with van der Waals surface area (Å²) in [7, 11) is 1.75. The minimum atomic E-state index is -0.215. The largest absolute Gasteiger partial charge is 0.310 e. The number of carbonyl (C=O) groups excluding carboxylic acids is 2. The number of thiophene rings is 2. The number of carbonyl (C=O) groups is 2. The summed E-state index contributed by atoms with van der Waals surface area (Å²) in [5, 5.41) is 13.0. The van der Waals surface area contributed by atoms with E-state index in [0.717, 1.165) is 21.2 Å². The Balaban J connectivity index is 1.41. The van der Waals surface area contributed by atoms with Crippen molar-refractivity contribution in [1.82, 2.24) is 14.9 Å². The van der Waals surface area contributed by atoms with Gasteiger partial charge in [0.25, 0.3) is 5.91 Å². The van der Waals surface area contributed by atoms with Crippen molar-refractivity contribution in [3.05, 3.63) is 68.7 Å². The van der Waals surface area contributed by atoms with E-state index in [2.05, 4.69) is 15.4 Å². The van der Waals surface area contributed by atoms with Gasteiger partial charge in [0.05, 0.1) is 29.7 Å². The van der Waals surface area contributed by atoms with E-state index < -0.39 is 0 Å². The molecule has 2 amide bonds. The molecule has 1 aliphatic heterocycles. The van der Waals surface area contributed by atoms with Gasteiger partial charge in [-0.3, -0.25) is 14.5 Å². The van der Waals surface area contributed by atoms with Crippen LogP contribution in [0.5, 0.6) is 0 Å². The summed E-state index contributed by atoms with van der Waals surface area (Å²) in [6.45, 7) is 2.05. The molecule has 0 bridgehead atoms. The Morgan fingerprint density at radius 3 is 2.65 bits per heavy atom. The number of nitrogens with one attached hydrogen (secondary N) is 1. The van der Waals surface area contributed by atoms with Crippen LogP contribution in [0.25, 0.3) is 0 Å². The first-order valence-electron chi connectivity index (χ1n) is 9.88. The van der Waals surface area contributed by atoms with Gasteiger partial charge in [0.15, 0.2) is 0 Å². The molecule has 9 heteroatoms. The number of pyridine rings is 1. The van der Waals surface area contributed by atoms with Crippen LogP contribution in [0.1, 0.15) is 27.9 Å². The second-order valence-corrected chi connectivity index (χ2v) is 9.31. The summed E-state index contributed by atoms with van der Waals surface area (Å²) in [5.74, 6) is 0.161. The van der Waals surface area contributed by atoms with E-state index in [1.807, 2.05) is 54.1 Å². The van der Waals surface area contributed by atoms with Crippen LogP contribution in [-0.4, -0.2) is 52.6 Å². The highest BCUT2D eigenvalue weighted by Crippen LogP contribution is 2.35. The zero-order valence-electron chi connectivity index (χ0n) is 17.3. The first kappa shape index (κ1) is 21.4. The number of hydrazone groups is 1. The SMILES string of the molecule is Cc1cccc(NC(=O)CN(C)CC(=O)N2N=C(c3cccs3)CC2c2cccs2)n1. The fraction of sp³-hybridized carbons (Fsp3) is 0.273. The third-order valence-corrected chi connectivity index (χ3v) is 6.71. The number of amides is 2. The van der Waals surface area contributed by atoms with Crippen LogP contribution >= 0.6 is 22.7 Å². The summed E-state index contributed by atoms with van der Waals surface area (Å²) in [4.78, 5) is 33.6. The monoisotopic (exact) mass is 453 g/mol. The lowest BCUT2D eigenvalue weighted by Crippen LogP contribution is -2.39. The van der Waals surface area contributed by atoms with E-state index >= 15 is 0 Å². The number of anilines is 1. The van der Waals surface area contributed by atoms with Crippen molar-refractivity contribution >= 4 is 46.0 Å². The Bertz CT molecular complexity index is 1080. The van der Waals surface area contributed by atoms with Crippen LogP contribution in [0.4, 0.5) is 5.82 Å². The molecule has 160 valence electrons. The Kier molecular flexibility index (Phi) is 6.55. The molecule has 0 spiro atoms. The Morgan fingerprint density at radius 1 is 1.13 bits per heavy atom. The molecule has 3 aromatic heterocycles. The topological polar surface area (TPSA) is 77.9 Å². The maximum absolute atomic E-state index is 13.1. The van der Waals surface area contributed by atoms with Crippen molar-refractivity contribution in [2.75, 3.05) is 25.5 Å². The van der Waals surface area contributed by atoms with Gasteiger partial charge in [0.1, 0.15) is 5.82 Å². The summed E-state index contributed by atoms with van der Waals surface area (Å²) in [6, 6.07) is 13.4. The van der Waals surface area contributed by atoms with Crippen molar-refractivity contribution in [1.29, 1.82) is 0 Å². The number of aromatic nitrogens is 1. The van der Waals surface area contributed by atoms with Crippen LogP contribution < -0.4 is 5.32 Å². The van der Waals surface area contributed by atoms with E-state index in [1.54, 1.807) is 45.7 Å². The highest BCUT2D eigenvalue weighted by molar-refractivity contribution is 7.12. The smallest absolute Gasteiger partial charge is 0.257 e. The molecule has 0 radical (unpaired) electrons. The summed E-state index contributed by atoms with van der Waals surface area (Å²) in [5.41, 5.74) is 1.75. The van der Waals surface area contributed by atoms with Crippen LogP contribution in [0.15, 0.2) is 58.3 Å². The highest BCUT2D eigenvalue weighted by Gasteiger charge is 2.34. The minimum absolute atomic E-state index is 0.0837. The molecule has 4 heterocycles. The van der Waals surface area contributed by atoms with E-state index in [9.17, 15) is 9.59 Å². The molecule has 0 saturated heterocycles. The van der Waals surface area contributed by atoms with Crippen molar-refractivity contribution in [3.8, 4) is 0 Å². The van der Waals surface area contributed by atoms with Gasteiger partial charge in [-0.05, 0) is 49.0 Å². The number of aryl methyl sites for hydroxylation is 1. The molecular weight excluding hydrogens is 430 g/mol. The molecule has 31 heavy (non-hydrogen) atoms. The second kappa shape index (κ2) is 9.51. The zero-order valence-corrected chi connectivity index (χ0v) is 18.9. The fourth-order valence-corrected chi connectivity index (χ4v) is 4.97. The van der Waals surface area contributed by atoms with E-state index in [1.165, 1.54) is 0 Å². The average Bonchev–Trinajstić information content (AvgIpc) is 3.47. The first-order valence-corrected chi connectivity index (χ1v) is 11.6. The van der Waals surface area contributed by atoms with E-state index in [4.69, 9.17) is 0 Å². The van der Waals surface area contributed by atoms with Crippen LogP contribution in [-0.2, 0) is 9.59 Å². The van der Waals surface area contributed by atoms with Gasteiger partial charge in [0, 0.05) is 17.0 Å². The highest BCUT2D eigenvalue weighted by atomic mass is 32.1. The van der Waals surface area contributed by atoms with Gasteiger partial charge < -0.3 is 5.32 Å². The lowest BCUT2D eigenvalue weighted by Gasteiger charge is -2.23. The second-order valence-electron chi connectivity index (χ2n) is 7.38. The Morgan fingerprint density at radius 2 is 1.94 bits per heavy atom. The van der Waals surface area contributed by atoms with Crippen LogP contribution in [0, 0.1) is 6.92 Å². The predicted molar refractivity (Wildman–Crippen MR) is 124 cm³/mol. The molecule has 0 aromatic carbocycles. The summed E-state index contributed by atoms with van der Waals surface area (Å²) in [6.07, 6.45) is 0.690. The number of nitrogens with zero attached hydrogens (tertiary/aromatic N) is 4. The third-order valence-electron chi connectivity index (χ3n) is 4.82. The average molecular weight is 454 g/mol. The van der Waals surface area contributed by atoms with Gasteiger partial charge in [-0.2, -0.15) is 5.10 Å². The maximum Gasteiger partial charge on any atom is 0.257 e. The third kappa shape index (κ3) is 5.25. The standard InChI is InChI=1S/C22H23N5O2S2/c1-15-6-3-9-20(23-15)24-21(28)13-26(2)14-22(29)27-17(19-8-5-11-31-19)12-16(25-27)18-7-4-10-30-18/h3-11,17H,12-14H2,1-2H3,(H,23,24,28). The van der Waals surface area contributed by atoms with Crippen molar-refractivity contribution in [2.24, 2.45) is 5.10 Å². The molecule has 0 saturated carbocycles. The van der Waals surface area contributed by atoms with Crippen molar-refractivity contribution < 1.29 is 9.59 Å². The minimum Gasteiger partial charge on any atom is -0.310 e. The Labute approximate surface area is 189 Å². The molecule has 4 rings (SSSR count). The fourth-order valence-electron chi connectivity index (χ4n) is 3.43.